The summed E-state index contributed by atoms with van der Waals surface area (Å²) in [6.45, 7) is 5.39. The van der Waals surface area contributed by atoms with Gasteiger partial charge in [-0.2, -0.15) is 0 Å². The molecule has 0 fully saturated rings. The van der Waals surface area contributed by atoms with E-state index in [9.17, 15) is 9.90 Å². The molecular weight excluding hydrogens is 362 g/mol. The molecule has 0 heterocycles. The maximum Gasteiger partial charge on any atom is 0.191 e. The zero-order valence-corrected chi connectivity index (χ0v) is 16.7. The van der Waals surface area contributed by atoms with E-state index in [2.05, 4.69) is 12.2 Å². The lowest BCUT2D eigenvalue weighted by Crippen LogP contribution is -2.35. The van der Waals surface area contributed by atoms with E-state index in [1.165, 1.54) is 0 Å². The molecule has 2 rings (SSSR count). The second kappa shape index (κ2) is 11.2. The van der Waals surface area contributed by atoms with Crippen LogP contribution in [0.3, 0.4) is 0 Å². The van der Waals surface area contributed by atoms with E-state index in [1.54, 1.807) is 12.1 Å². The van der Waals surface area contributed by atoms with Gasteiger partial charge in [-0.05, 0) is 37.1 Å². The summed E-state index contributed by atoms with van der Waals surface area (Å²) in [7, 11) is 0. The Morgan fingerprint density at radius 3 is 2.63 bits per heavy atom. The molecule has 2 N–H and O–H groups in total. The van der Waals surface area contributed by atoms with Crippen molar-refractivity contribution >= 4 is 17.4 Å². The van der Waals surface area contributed by atoms with Crippen LogP contribution in [0.25, 0.3) is 0 Å². The van der Waals surface area contributed by atoms with Gasteiger partial charge in [-0.3, -0.25) is 4.79 Å². The van der Waals surface area contributed by atoms with Gasteiger partial charge in [-0.15, -0.1) is 0 Å². The summed E-state index contributed by atoms with van der Waals surface area (Å²) >= 11 is 6.10. The van der Waals surface area contributed by atoms with Crippen LogP contribution >= 0.6 is 11.6 Å². The first kappa shape index (κ1) is 21.6. The normalized spacial score (nSPS) is 13.3. The lowest BCUT2D eigenvalue weighted by molar-refractivity contribution is -0.00163. The molecule has 0 radical (unpaired) electrons. The molecule has 0 aliphatic carbocycles. The van der Waals surface area contributed by atoms with Crippen molar-refractivity contribution in [3.05, 3.63) is 70.2 Å². The monoisotopic (exact) mass is 389 g/mol. The Morgan fingerprint density at radius 2 is 1.96 bits per heavy atom. The van der Waals surface area contributed by atoms with Gasteiger partial charge in [0.25, 0.3) is 0 Å². The fourth-order valence-corrected chi connectivity index (χ4v) is 2.91. The highest BCUT2D eigenvalue weighted by molar-refractivity contribution is 6.31. The molecular formula is C22H28ClNO3. The first-order valence-electron chi connectivity index (χ1n) is 9.36. The number of benzene rings is 2. The lowest BCUT2D eigenvalue weighted by Gasteiger charge is -2.20. The van der Waals surface area contributed by atoms with Crippen molar-refractivity contribution in [1.82, 2.24) is 5.32 Å². The summed E-state index contributed by atoms with van der Waals surface area (Å²) in [4.78, 5) is 12.9. The van der Waals surface area contributed by atoms with E-state index in [4.69, 9.17) is 16.3 Å². The molecule has 4 nitrogen and oxygen atoms in total. The molecule has 0 saturated heterocycles. The number of carbonyl (C=O) groups excluding carboxylic acids is 1. The molecule has 0 spiro atoms. The number of aliphatic hydroxyl groups excluding tert-OH is 1. The highest BCUT2D eigenvalue weighted by Gasteiger charge is 2.22. The van der Waals surface area contributed by atoms with Crippen LogP contribution in [-0.2, 0) is 11.2 Å². The summed E-state index contributed by atoms with van der Waals surface area (Å²) in [5, 5.41) is 14.0. The van der Waals surface area contributed by atoms with Crippen molar-refractivity contribution in [2.45, 2.75) is 38.9 Å². The SMILES string of the molecule is CCCNCC(O)COC(Cc1ccc(Cl)c(C)c1)C(=O)c1ccccc1. The summed E-state index contributed by atoms with van der Waals surface area (Å²) in [5.41, 5.74) is 2.54. The van der Waals surface area contributed by atoms with Crippen molar-refractivity contribution < 1.29 is 14.6 Å². The van der Waals surface area contributed by atoms with Crippen LogP contribution in [0.15, 0.2) is 48.5 Å². The number of rotatable bonds is 11. The maximum atomic E-state index is 12.9. The van der Waals surface area contributed by atoms with Crippen LogP contribution in [0, 0.1) is 6.92 Å². The number of ether oxygens (including phenoxy) is 1. The summed E-state index contributed by atoms with van der Waals surface area (Å²) in [6, 6.07) is 14.8. The third kappa shape index (κ3) is 7.07. The highest BCUT2D eigenvalue weighted by atomic mass is 35.5. The highest BCUT2D eigenvalue weighted by Crippen LogP contribution is 2.19. The van der Waals surface area contributed by atoms with Gasteiger partial charge in [0.1, 0.15) is 6.10 Å². The van der Waals surface area contributed by atoms with Crippen LogP contribution in [0.1, 0.15) is 34.8 Å². The third-order valence-corrected chi connectivity index (χ3v) is 4.71. The number of hydrogen-bond acceptors (Lipinski definition) is 4. The minimum absolute atomic E-state index is 0.0862. The van der Waals surface area contributed by atoms with Crippen molar-refractivity contribution in [2.75, 3.05) is 19.7 Å². The number of Topliss-reactive ketones (excluding diaryl/α,β-unsaturated/α-hetero) is 1. The number of aryl methyl sites for hydroxylation is 1. The lowest BCUT2D eigenvalue weighted by atomic mass is 9.99. The number of aliphatic hydroxyl groups is 1. The second-order valence-corrected chi connectivity index (χ2v) is 7.11. The summed E-state index contributed by atoms with van der Waals surface area (Å²) in [5.74, 6) is -0.0862. The predicted octanol–water partition coefficient (Wildman–Crippen LogP) is 3.82. The third-order valence-electron chi connectivity index (χ3n) is 4.29. The topological polar surface area (TPSA) is 58.6 Å². The predicted molar refractivity (Wildman–Crippen MR) is 110 cm³/mol. The summed E-state index contributed by atoms with van der Waals surface area (Å²) in [6.07, 6.45) is 0.114. The average Bonchev–Trinajstić information content (AvgIpc) is 2.68. The Morgan fingerprint density at radius 1 is 1.22 bits per heavy atom. The van der Waals surface area contributed by atoms with E-state index in [0.717, 1.165) is 24.1 Å². The van der Waals surface area contributed by atoms with Crippen molar-refractivity contribution in [1.29, 1.82) is 0 Å². The Bertz CT molecular complexity index is 721. The number of carbonyl (C=O) groups is 1. The van der Waals surface area contributed by atoms with E-state index in [1.807, 2.05) is 43.3 Å². The molecule has 2 unspecified atom stereocenters. The van der Waals surface area contributed by atoms with E-state index in [0.29, 0.717) is 23.6 Å². The first-order chi connectivity index (χ1) is 13.0. The number of halogens is 1. The Balaban J connectivity index is 2.08. The van der Waals surface area contributed by atoms with Crippen LogP contribution in [-0.4, -0.2) is 42.8 Å². The second-order valence-electron chi connectivity index (χ2n) is 6.70. The largest absolute Gasteiger partial charge is 0.389 e. The van der Waals surface area contributed by atoms with Gasteiger partial charge >= 0.3 is 0 Å². The molecule has 0 bridgehead atoms. The fourth-order valence-electron chi connectivity index (χ4n) is 2.80. The molecule has 2 atom stereocenters. The molecule has 0 aliphatic heterocycles. The molecule has 2 aromatic rings. The molecule has 0 amide bonds. The van der Waals surface area contributed by atoms with Gasteiger partial charge in [0, 0.05) is 23.6 Å². The van der Waals surface area contributed by atoms with Gasteiger partial charge in [-0.25, -0.2) is 0 Å². The Labute approximate surface area is 166 Å². The number of ketones is 1. The minimum atomic E-state index is -0.659. The van der Waals surface area contributed by atoms with Gasteiger partial charge in [-0.1, -0.05) is 61.0 Å². The smallest absolute Gasteiger partial charge is 0.191 e. The molecule has 0 aromatic heterocycles. The first-order valence-corrected chi connectivity index (χ1v) is 9.73. The molecule has 27 heavy (non-hydrogen) atoms. The quantitative estimate of drug-likeness (QED) is 0.453. The number of nitrogens with one attached hydrogen (secondary N) is 1. The van der Waals surface area contributed by atoms with Gasteiger partial charge in [0.15, 0.2) is 5.78 Å². The minimum Gasteiger partial charge on any atom is -0.389 e. The molecule has 0 saturated carbocycles. The van der Waals surface area contributed by atoms with Crippen molar-refractivity contribution in [3.63, 3.8) is 0 Å². The van der Waals surface area contributed by atoms with Crippen molar-refractivity contribution in [2.24, 2.45) is 0 Å². The molecule has 146 valence electrons. The maximum absolute atomic E-state index is 12.9. The van der Waals surface area contributed by atoms with Crippen LogP contribution in [0.5, 0.6) is 0 Å². The zero-order valence-electron chi connectivity index (χ0n) is 16.0. The standard InChI is InChI=1S/C22H28ClNO3/c1-3-11-24-14-19(25)15-27-21(22(26)18-7-5-4-6-8-18)13-17-9-10-20(23)16(2)12-17/h4-10,12,19,21,24-25H,3,11,13-15H2,1-2H3. The Hall–Kier alpha value is -1.72. The van der Waals surface area contributed by atoms with E-state index >= 15 is 0 Å². The van der Waals surface area contributed by atoms with Gasteiger partial charge in [0.2, 0.25) is 0 Å². The molecule has 0 aliphatic rings. The van der Waals surface area contributed by atoms with Gasteiger partial charge < -0.3 is 15.2 Å². The fraction of sp³-hybridized carbons (Fsp3) is 0.409. The molecule has 5 heteroatoms. The van der Waals surface area contributed by atoms with E-state index < -0.39 is 12.2 Å². The van der Waals surface area contributed by atoms with E-state index in [-0.39, 0.29) is 12.4 Å². The van der Waals surface area contributed by atoms with Crippen LogP contribution < -0.4 is 5.32 Å². The van der Waals surface area contributed by atoms with Crippen LogP contribution in [0.2, 0.25) is 5.02 Å². The van der Waals surface area contributed by atoms with Crippen LogP contribution in [0.4, 0.5) is 0 Å². The average molecular weight is 390 g/mol. The zero-order chi connectivity index (χ0) is 19.6. The number of hydrogen-bond donors (Lipinski definition) is 2. The Kier molecular flexibility index (Phi) is 8.95. The van der Waals surface area contributed by atoms with Gasteiger partial charge in [0.05, 0.1) is 12.7 Å². The summed E-state index contributed by atoms with van der Waals surface area (Å²) < 4.78 is 5.85. The molecule has 2 aromatic carbocycles. The van der Waals surface area contributed by atoms with Crippen molar-refractivity contribution in [3.8, 4) is 0 Å².